The number of aryl methyl sites for hydroxylation is 3. The fraction of sp³-hybridized carbons (Fsp3) is 0.125. The number of hydrogen-bond acceptors (Lipinski definition) is 4. The first-order valence-corrected chi connectivity index (χ1v) is 10.4. The zero-order valence-corrected chi connectivity index (χ0v) is 18.7. The van der Waals surface area contributed by atoms with Crippen LogP contribution in [0.25, 0.3) is 17.4 Å². The van der Waals surface area contributed by atoms with Crippen LogP contribution in [0.5, 0.6) is 0 Å². The molecule has 1 saturated heterocycles. The normalized spacial score (nSPS) is 15.5. The predicted octanol–water partition coefficient (Wildman–Crippen LogP) is 5.36. The maximum atomic E-state index is 13.2. The van der Waals surface area contributed by atoms with Crippen molar-refractivity contribution in [3.05, 3.63) is 81.6 Å². The maximum absolute atomic E-state index is 13.2. The maximum Gasteiger partial charge on any atom is 0.270 e. The molecule has 1 N–H and O–H groups in total. The Balaban J connectivity index is 1.71. The van der Waals surface area contributed by atoms with E-state index in [0.717, 1.165) is 22.3 Å². The number of rotatable bonds is 3. The molecule has 1 fully saturated rings. The minimum absolute atomic E-state index is 0.0498. The third kappa shape index (κ3) is 4.04. The largest absolute Gasteiger partial charge is 0.457 e. The standard InChI is InChI=1S/C24H19ClN2O3S/c1-13-4-8-20(15(3)10-13)27-23(29)19(22(28)26-24(27)31)12-17-7-9-21(30-17)18-11-16(25)6-5-14(18)2/h4-12H,1-3H3,(H,26,28,31)/b19-12+. The number of nitrogens with zero attached hydrogens (tertiary/aromatic N) is 1. The summed E-state index contributed by atoms with van der Waals surface area (Å²) in [6.45, 7) is 5.81. The predicted molar refractivity (Wildman–Crippen MR) is 126 cm³/mol. The van der Waals surface area contributed by atoms with E-state index in [9.17, 15) is 9.59 Å². The molecule has 7 heteroatoms. The number of furan rings is 1. The van der Waals surface area contributed by atoms with E-state index in [0.29, 0.717) is 22.2 Å². The fourth-order valence-corrected chi connectivity index (χ4v) is 3.96. The first-order valence-electron chi connectivity index (χ1n) is 9.59. The summed E-state index contributed by atoms with van der Waals surface area (Å²) in [4.78, 5) is 27.1. The van der Waals surface area contributed by atoms with Crippen LogP contribution in [0.4, 0.5) is 5.69 Å². The number of anilines is 1. The van der Waals surface area contributed by atoms with Crippen LogP contribution < -0.4 is 10.2 Å². The third-order valence-corrected chi connectivity index (χ3v) is 5.59. The van der Waals surface area contributed by atoms with E-state index in [4.69, 9.17) is 28.2 Å². The molecule has 2 aromatic carbocycles. The summed E-state index contributed by atoms with van der Waals surface area (Å²) in [5.41, 5.74) is 4.35. The van der Waals surface area contributed by atoms with Gasteiger partial charge in [-0.3, -0.25) is 19.8 Å². The lowest BCUT2D eigenvalue weighted by Gasteiger charge is -2.30. The van der Waals surface area contributed by atoms with Gasteiger partial charge in [-0.2, -0.15) is 0 Å². The van der Waals surface area contributed by atoms with Gasteiger partial charge in [-0.15, -0.1) is 0 Å². The molecule has 31 heavy (non-hydrogen) atoms. The molecular weight excluding hydrogens is 432 g/mol. The number of carbonyl (C=O) groups is 2. The molecule has 0 spiro atoms. The zero-order chi connectivity index (χ0) is 22.3. The summed E-state index contributed by atoms with van der Waals surface area (Å²) in [7, 11) is 0. The van der Waals surface area contributed by atoms with E-state index in [-0.39, 0.29) is 10.7 Å². The van der Waals surface area contributed by atoms with E-state index in [1.807, 2.05) is 57.2 Å². The second-order valence-electron chi connectivity index (χ2n) is 7.41. The molecule has 0 saturated carbocycles. The molecule has 3 aromatic rings. The molecule has 4 rings (SSSR count). The molecule has 156 valence electrons. The minimum Gasteiger partial charge on any atom is -0.457 e. The number of amides is 2. The summed E-state index contributed by atoms with van der Waals surface area (Å²) in [5, 5.41) is 3.24. The molecular formula is C24H19ClN2O3S. The molecule has 0 bridgehead atoms. The second-order valence-corrected chi connectivity index (χ2v) is 8.23. The molecule has 0 radical (unpaired) electrons. The Labute approximate surface area is 190 Å². The number of thiocarbonyl (C=S) groups is 1. The van der Waals surface area contributed by atoms with Gasteiger partial charge in [0.05, 0.1) is 5.69 Å². The van der Waals surface area contributed by atoms with E-state index in [2.05, 4.69) is 5.32 Å². The van der Waals surface area contributed by atoms with Crippen LogP contribution in [0.3, 0.4) is 0 Å². The van der Waals surface area contributed by atoms with Crippen LogP contribution in [-0.4, -0.2) is 16.9 Å². The Morgan fingerprint density at radius 2 is 1.77 bits per heavy atom. The molecule has 2 heterocycles. The van der Waals surface area contributed by atoms with Crippen LogP contribution >= 0.6 is 23.8 Å². The lowest BCUT2D eigenvalue weighted by molar-refractivity contribution is -0.122. The van der Waals surface area contributed by atoms with Gasteiger partial charge in [0.2, 0.25) is 0 Å². The monoisotopic (exact) mass is 450 g/mol. The Morgan fingerprint density at radius 3 is 2.52 bits per heavy atom. The lowest BCUT2D eigenvalue weighted by atomic mass is 10.1. The Bertz CT molecular complexity index is 1280. The molecule has 0 atom stereocenters. The van der Waals surface area contributed by atoms with Crippen molar-refractivity contribution < 1.29 is 14.0 Å². The topological polar surface area (TPSA) is 62.6 Å². The fourth-order valence-electron chi connectivity index (χ4n) is 3.51. The van der Waals surface area contributed by atoms with Crippen LogP contribution in [0.1, 0.15) is 22.5 Å². The number of carbonyl (C=O) groups excluding carboxylic acids is 2. The first kappa shape index (κ1) is 21.0. The van der Waals surface area contributed by atoms with Crippen molar-refractivity contribution in [1.82, 2.24) is 5.32 Å². The Kier molecular flexibility index (Phi) is 5.52. The summed E-state index contributed by atoms with van der Waals surface area (Å²) in [5.74, 6) is -0.0935. The Hall–Kier alpha value is -3.22. The average Bonchev–Trinajstić information content (AvgIpc) is 3.17. The van der Waals surface area contributed by atoms with E-state index >= 15 is 0 Å². The van der Waals surface area contributed by atoms with E-state index in [1.54, 1.807) is 12.1 Å². The molecule has 1 aliphatic heterocycles. The van der Waals surface area contributed by atoms with Gasteiger partial charge in [0.25, 0.3) is 11.8 Å². The van der Waals surface area contributed by atoms with Crippen molar-refractivity contribution in [1.29, 1.82) is 0 Å². The van der Waals surface area contributed by atoms with Gasteiger partial charge in [-0.25, -0.2) is 0 Å². The smallest absolute Gasteiger partial charge is 0.270 e. The van der Waals surface area contributed by atoms with Gasteiger partial charge in [0.15, 0.2) is 5.11 Å². The van der Waals surface area contributed by atoms with Crippen LogP contribution in [0.15, 0.2) is 58.5 Å². The highest BCUT2D eigenvalue weighted by molar-refractivity contribution is 7.80. The summed E-state index contributed by atoms with van der Waals surface area (Å²) >= 11 is 11.4. The number of nitrogens with one attached hydrogen (secondary N) is 1. The van der Waals surface area contributed by atoms with Crippen molar-refractivity contribution in [2.75, 3.05) is 4.90 Å². The molecule has 5 nitrogen and oxygen atoms in total. The average molecular weight is 451 g/mol. The van der Waals surface area contributed by atoms with Gasteiger partial charge in [0.1, 0.15) is 17.1 Å². The molecule has 0 aliphatic carbocycles. The number of benzene rings is 2. The lowest BCUT2D eigenvalue weighted by Crippen LogP contribution is -2.54. The van der Waals surface area contributed by atoms with Gasteiger partial charge >= 0.3 is 0 Å². The van der Waals surface area contributed by atoms with Crippen molar-refractivity contribution in [2.45, 2.75) is 20.8 Å². The quantitative estimate of drug-likeness (QED) is 0.331. The van der Waals surface area contributed by atoms with Crippen molar-refractivity contribution in [3.63, 3.8) is 0 Å². The highest BCUT2D eigenvalue weighted by Crippen LogP contribution is 2.30. The summed E-state index contributed by atoms with van der Waals surface area (Å²) < 4.78 is 5.89. The van der Waals surface area contributed by atoms with E-state index < -0.39 is 11.8 Å². The van der Waals surface area contributed by atoms with Crippen LogP contribution in [0, 0.1) is 20.8 Å². The van der Waals surface area contributed by atoms with Crippen molar-refractivity contribution in [3.8, 4) is 11.3 Å². The van der Waals surface area contributed by atoms with Crippen molar-refractivity contribution >= 4 is 52.5 Å². The Morgan fingerprint density at radius 1 is 1.00 bits per heavy atom. The third-order valence-electron chi connectivity index (χ3n) is 5.07. The van der Waals surface area contributed by atoms with Crippen molar-refractivity contribution in [2.24, 2.45) is 0 Å². The molecule has 2 amide bonds. The first-order chi connectivity index (χ1) is 14.7. The van der Waals surface area contributed by atoms with Gasteiger partial charge < -0.3 is 4.42 Å². The minimum atomic E-state index is -0.562. The highest BCUT2D eigenvalue weighted by Gasteiger charge is 2.35. The van der Waals surface area contributed by atoms with E-state index in [1.165, 1.54) is 11.0 Å². The number of hydrogen-bond donors (Lipinski definition) is 1. The molecule has 0 unspecified atom stereocenters. The van der Waals surface area contributed by atoms with Crippen LogP contribution in [-0.2, 0) is 9.59 Å². The van der Waals surface area contributed by atoms with Gasteiger partial charge in [-0.1, -0.05) is 35.4 Å². The second kappa shape index (κ2) is 8.13. The number of halogens is 1. The van der Waals surface area contributed by atoms with Crippen LogP contribution in [0.2, 0.25) is 5.02 Å². The van der Waals surface area contributed by atoms with Gasteiger partial charge in [0, 0.05) is 10.6 Å². The van der Waals surface area contributed by atoms with Gasteiger partial charge in [-0.05, 0) is 80.5 Å². The highest BCUT2D eigenvalue weighted by atomic mass is 35.5. The molecule has 1 aliphatic rings. The molecule has 1 aromatic heterocycles. The summed E-state index contributed by atoms with van der Waals surface area (Å²) in [6.07, 6.45) is 1.43. The SMILES string of the molecule is Cc1ccc(N2C(=O)/C(=C/c3ccc(-c4cc(Cl)ccc4C)o3)C(=O)NC2=S)c(C)c1. The summed E-state index contributed by atoms with van der Waals surface area (Å²) in [6, 6.07) is 14.7. The zero-order valence-electron chi connectivity index (χ0n) is 17.2.